The number of likely N-dealkylation sites (tertiary alicyclic amines) is 2. The van der Waals surface area contributed by atoms with Gasteiger partial charge >= 0.3 is 0 Å². The third-order valence-electron chi connectivity index (χ3n) is 7.77. The van der Waals surface area contributed by atoms with E-state index in [1.807, 2.05) is 17.0 Å². The van der Waals surface area contributed by atoms with Gasteiger partial charge in [-0.1, -0.05) is 55.8 Å². The van der Waals surface area contributed by atoms with Crippen molar-refractivity contribution in [3.05, 3.63) is 76.2 Å². The number of carbonyl (C=O) groups excluding carboxylic acids is 1. The molecule has 0 bridgehead atoms. The molecule has 1 amide bonds. The Balaban J connectivity index is 1.64. The molecule has 3 fully saturated rings. The zero-order chi connectivity index (χ0) is 25.1. The van der Waals surface area contributed by atoms with Crippen LogP contribution in [0, 0.1) is 11.6 Å². The van der Waals surface area contributed by atoms with Crippen LogP contribution in [0.4, 0.5) is 8.78 Å². The first-order valence-electron chi connectivity index (χ1n) is 13.3. The first-order chi connectivity index (χ1) is 17.5. The van der Waals surface area contributed by atoms with Gasteiger partial charge in [-0.15, -0.1) is 0 Å². The molecule has 3 aliphatic rings. The number of carbonyl (C=O) groups is 1. The number of nitrogens with zero attached hydrogens (tertiary/aromatic N) is 3. The van der Waals surface area contributed by atoms with E-state index in [0.717, 1.165) is 63.8 Å². The summed E-state index contributed by atoms with van der Waals surface area (Å²) in [6.45, 7) is 5.95. The van der Waals surface area contributed by atoms with Gasteiger partial charge in [0.2, 0.25) is 0 Å². The summed E-state index contributed by atoms with van der Waals surface area (Å²) in [5.74, 6) is -1.28. The average Bonchev–Trinajstić information content (AvgIpc) is 3.22. The molecule has 7 heteroatoms. The lowest BCUT2D eigenvalue weighted by molar-refractivity contribution is -0.192. The van der Waals surface area contributed by atoms with Gasteiger partial charge in [0, 0.05) is 26.2 Å². The molecule has 3 aliphatic heterocycles. The van der Waals surface area contributed by atoms with E-state index in [9.17, 15) is 13.6 Å². The molecule has 36 heavy (non-hydrogen) atoms. The number of benzene rings is 2. The van der Waals surface area contributed by atoms with Gasteiger partial charge < -0.3 is 0 Å². The summed E-state index contributed by atoms with van der Waals surface area (Å²) in [5.41, 5.74) is 1.44. The monoisotopic (exact) mass is 511 g/mol. The Morgan fingerprint density at radius 3 is 2.03 bits per heavy atom. The van der Waals surface area contributed by atoms with E-state index >= 15 is 0 Å². The minimum atomic E-state index is -0.584. The molecule has 3 saturated heterocycles. The molecule has 192 valence electrons. The second-order valence-corrected chi connectivity index (χ2v) is 11.1. The van der Waals surface area contributed by atoms with Crippen LogP contribution in [-0.2, 0) is 4.79 Å². The molecule has 0 aliphatic carbocycles. The fourth-order valence-electron chi connectivity index (χ4n) is 6.15. The molecular formula is C29H35F2N3OS. The third kappa shape index (κ3) is 4.85. The van der Waals surface area contributed by atoms with E-state index < -0.39 is 5.79 Å². The zero-order valence-electron chi connectivity index (χ0n) is 21.0. The Hall–Kier alpha value is -2.22. The van der Waals surface area contributed by atoms with Crippen molar-refractivity contribution in [2.45, 2.75) is 63.0 Å². The number of hydrogen-bond donors (Lipinski definition) is 0. The van der Waals surface area contributed by atoms with Crippen molar-refractivity contribution in [1.29, 1.82) is 0 Å². The lowest BCUT2D eigenvalue weighted by Crippen LogP contribution is -2.71. The molecular weight excluding hydrogens is 476 g/mol. The summed E-state index contributed by atoms with van der Waals surface area (Å²) in [7, 11) is 0. The average molecular weight is 512 g/mol. The lowest BCUT2D eigenvalue weighted by Gasteiger charge is -2.58. The summed E-state index contributed by atoms with van der Waals surface area (Å²) in [6.07, 6.45) is 9.41. The maximum atomic E-state index is 14.4. The Morgan fingerprint density at radius 1 is 0.889 bits per heavy atom. The number of amides is 1. The quantitative estimate of drug-likeness (QED) is 0.408. The van der Waals surface area contributed by atoms with E-state index in [2.05, 4.69) is 16.7 Å². The highest BCUT2D eigenvalue weighted by molar-refractivity contribution is 8.04. The zero-order valence-corrected chi connectivity index (χ0v) is 21.8. The van der Waals surface area contributed by atoms with Crippen molar-refractivity contribution in [2.75, 3.05) is 26.2 Å². The number of piperidine rings is 2. The Labute approximate surface area is 217 Å². The first kappa shape index (κ1) is 25.4. The third-order valence-corrected chi connectivity index (χ3v) is 9.02. The van der Waals surface area contributed by atoms with E-state index in [1.165, 1.54) is 42.8 Å². The normalized spacial score (nSPS) is 23.5. The number of thioether (sulfide) groups is 1. The highest BCUT2D eigenvalue weighted by Crippen LogP contribution is 2.52. The lowest BCUT2D eigenvalue weighted by atomic mass is 9.99. The molecule has 0 spiro atoms. The van der Waals surface area contributed by atoms with Gasteiger partial charge in [0.15, 0.2) is 5.79 Å². The van der Waals surface area contributed by atoms with E-state index in [4.69, 9.17) is 0 Å². The van der Waals surface area contributed by atoms with Crippen molar-refractivity contribution in [3.63, 3.8) is 0 Å². The Morgan fingerprint density at radius 2 is 1.47 bits per heavy atom. The molecule has 1 unspecified atom stereocenters. The van der Waals surface area contributed by atoms with Crippen LogP contribution in [0.3, 0.4) is 0 Å². The standard InChI is InChI=1S/C29H35F2N3OS/c1-2-29(32-15-5-3-6-16-32,33-17-7-4-8-18-33)34-27(35)26(20-22-11-9-13-24(30)19-22)36-28(34)23-12-10-14-25(31)21-23/h9-14,19-21,28H,2-8,15-18H2,1H3. The van der Waals surface area contributed by atoms with Crippen molar-refractivity contribution in [2.24, 2.45) is 0 Å². The topological polar surface area (TPSA) is 26.8 Å². The number of rotatable bonds is 6. The SMILES string of the molecule is CCC(N1CCCCC1)(N1CCCCC1)N1C(=O)C(=Cc2cccc(F)c2)SC1c1cccc(F)c1. The molecule has 1 atom stereocenters. The Kier molecular flexibility index (Phi) is 7.79. The van der Waals surface area contributed by atoms with E-state index in [0.29, 0.717) is 10.5 Å². The summed E-state index contributed by atoms with van der Waals surface area (Å²) in [4.78, 5) is 22.0. The van der Waals surface area contributed by atoms with Crippen molar-refractivity contribution in [1.82, 2.24) is 14.7 Å². The molecule has 4 nitrogen and oxygen atoms in total. The molecule has 5 rings (SSSR count). The van der Waals surface area contributed by atoms with Crippen LogP contribution in [0.2, 0.25) is 0 Å². The van der Waals surface area contributed by atoms with E-state index in [1.54, 1.807) is 24.3 Å². The maximum absolute atomic E-state index is 14.4. The maximum Gasteiger partial charge on any atom is 0.264 e. The van der Waals surface area contributed by atoms with Gasteiger partial charge in [0.25, 0.3) is 5.91 Å². The van der Waals surface area contributed by atoms with Crippen LogP contribution in [-0.4, -0.2) is 52.6 Å². The summed E-state index contributed by atoms with van der Waals surface area (Å²) < 4.78 is 28.4. The molecule has 0 aromatic heterocycles. The fourth-order valence-corrected chi connectivity index (χ4v) is 7.44. The van der Waals surface area contributed by atoms with Crippen LogP contribution in [0.1, 0.15) is 68.4 Å². The Bertz CT molecular complexity index is 1090. The van der Waals surface area contributed by atoms with Gasteiger partial charge in [0.05, 0.1) is 4.91 Å². The van der Waals surface area contributed by atoms with Crippen LogP contribution in [0.15, 0.2) is 53.4 Å². The van der Waals surface area contributed by atoms with Gasteiger partial charge in [-0.2, -0.15) is 0 Å². The van der Waals surface area contributed by atoms with Crippen molar-refractivity contribution < 1.29 is 13.6 Å². The van der Waals surface area contributed by atoms with E-state index in [-0.39, 0.29) is 22.9 Å². The predicted octanol–water partition coefficient (Wildman–Crippen LogP) is 6.62. The second kappa shape index (κ2) is 11.0. The highest BCUT2D eigenvalue weighted by atomic mass is 32.2. The van der Waals surface area contributed by atoms with Gasteiger partial charge in [0.1, 0.15) is 17.0 Å². The van der Waals surface area contributed by atoms with Gasteiger partial charge in [-0.05, 0) is 73.6 Å². The molecule has 0 saturated carbocycles. The molecule has 3 heterocycles. The molecule has 0 radical (unpaired) electrons. The van der Waals surface area contributed by atoms with Crippen LogP contribution in [0.5, 0.6) is 0 Å². The van der Waals surface area contributed by atoms with Crippen molar-refractivity contribution in [3.8, 4) is 0 Å². The first-order valence-corrected chi connectivity index (χ1v) is 14.1. The highest BCUT2D eigenvalue weighted by Gasteiger charge is 2.55. The van der Waals surface area contributed by atoms with Gasteiger partial charge in [-0.25, -0.2) is 8.78 Å². The molecule has 2 aromatic rings. The summed E-state index contributed by atoms with van der Waals surface area (Å²) in [6, 6.07) is 13.0. The van der Waals surface area contributed by atoms with Gasteiger partial charge in [-0.3, -0.25) is 19.5 Å². The number of halogens is 2. The summed E-state index contributed by atoms with van der Waals surface area (Å²) in [5, 5.41) is -0.364. The largest absolute Gasteiger partial charge is 0.290 e. The van der Waals surface area contributed by atoms with Crippen LogP contribution >= 0.6 is 11.8 Å². The minimum absolute atomic E-state index is 0.0588. The fraction of sp³-hybridized carbons (Fsp3) is 0.483. The van der Waals surface area contributed by atoms with Crippen LogP contribution < -0.4 is 0 Å². The smallest absolute Gasteiger partial charge is 0.264 e. The minimum Gasteiger partial charge on any atom is -0.290 e. The molecule has 2 aromatic carbocycles. The molecule has 0 N–H and O–H groups in total. The van der Waals surface area contributed by atoms with Crippen LogP contribution in [0.25, 0.3) is 6.08 Å². The number of hydrogen-bond acceptors (Lipinski definition) is 4. The predicted molar refractivity (Wildman–Crippen MR) is 142 cm³/mol. The second-order valence-electron chi connectivity index (χ2n) is 9.99. The van der Waals surface area contributed by atoms with Crippen molar-refractivity contribution >= 4 is 23.7 Å². The summed E-state index contributed by atoms with van der Waals surface area (Å²) >= 11 is 1.45.